The second-order valence-electron chi connectivity index (χ2n) is 18.0. The number of rotatable bonds is 50. The Morgan fingerprint density at radius 1 is 0.435 bits per heavy atom. The molecule has 11 nitrogen and oxygen atoms in total. The van der Waals surface area contributed by atoms with Crippen molar-refractivity contribution >= 4 is 25.7 Å². The van der Waals surface area contributed by atoms with Gasteiger partial charge in [-0.1, -0.05) is 245 Å². The third kappa shape index (κ3) is 45.1. The molecule has 0 bridgehead atoms. The fraction of sp³-hybridized carbons (Fsp3) is 0.940. The van der Waals surface area contributed by atoms with Crippen LogP contribution in [0.1, 0.15) is 271 Å². The van der Waals surface area contributed by atoms with Crippen LogP contribution in [0.15, 0.2) is 0 Å². The average Bonchev–Trinajstić information content (AvgIpc) is 3.25. The predicted molar refractivity (Wildman–Crippen MR) is 254 cm³/mol. The first-order valence-corrected chi connectivity index (χ1v) is 27.6. The monoisotopic (exact) mass is 904 g/mol. The lowest BCUT2D eigenvalue weighted by molar-refractivity contribution is -0.161. The topological polar surface area (TPSA) is 172 Å². The number of hydrogen-bond donors (Lipinski definition) is 3. The van der Waals surface area contributed by atoms with E-state index in [2.05, 4.69) is 18.4 Å². The summed E-state index contributed by atoms with van der Waals surface area (Å²) in [6.07, 6.45) is 47.4. The highest BCUT2D eigenvalue weighted by molar-refractivity contribution is 7.47. The molecular weight excluding hydrogens is 806 g/mol. The Kier molecular flexibility index (Phi) is 44.9. The smallest absolute Gasteiger partial charge is 0.472 e. The van der Waals surface area contributed by atoms with Crippen LogP contribution in [-0.2, 0) is 37.5 Å². The highest BCUT2D eigenvalue weighted by atomic mass is 31.2. The summed E-state index contributed by atoms with van der Waals surface area (Å²) in [5.41, 5.74) is 5.35. The molecule has 3 unspecified atom stereocenters. The van der Waals surface area contributed by atoms with E-state index in [1.54, 1.807) is 0 Å². The Bertz CT molecular complexity index is 1060. The van der Waals surface area contributed by atoms with E-state index in [1.807, 2.05) is 0 Å². The van der Waals surface area contributed by atoms with Gasteiger partial charge in [-0.3, -0.25) is 23.4 Å². The SMILES string of the molecule is CCCCCCCCCCCCCCCCCCCCCCCCCCC(=O)OC(COC(=O)CCCCCCCCCCCCCCCC)COP(=O)(O)OCC(N)C(=O)O. The zero-order valence-corrected chi connectivity index (χ0v) is 41.1. The molecular formula is C50H98NO10P. The summed E-state index contributed by atoms with van der Waals surface area (Å²) in [6, 6.07) is -1.52. The molecule has 12 heteroatoms. The number of phosphoric acid groups is 1. The number of hydrogen-bond acceptors (Lipinski definition) is 9. The van der Waals surface area contributed by atoms with Crippen molar-refractivity contribution in [2.75, 3.05) is 19.8 Å². The Labute approximate surface area is 380 Å². The number of carbonyl (C=O) groups is 3. The van der Waals surface area contributed by atoms with E-state index in [0.717, 1.165) is 38.5 Å². The first-order valence-electron chi connectivity index (χ1n) is 26.1. The quantitative estimate of drug-likeness (QED) is 0.0301. The molecule has 0 radical (unpaired) electrons. The molecule has 4 N–H and O–H groups in total. The number of carbonyl (C=O) groups excluding carboxylic acids is 2. The number of carboxylic acid groups (broad SMARTS) is 1. The predicted octanol–water partition coefficient (Wildman–Crippen LogP) is 14.6. The number of aliphatic carboxylic acids is 1. The zero-order chi connectivity index (χ0) is 45.6. The van der Waals surface area contributed by atoms with Crippen molar-refractivity contribution in [1.29, 1.82) is 0 Å². The zero-order valence-electron chi connectivity index (χ0n) is 40.2. The number of esters is 2. The van der Waals surface area contributed by atoms with Crippen LogP contribution in [0, 0.1) is 0 Å². The maximum absolute atomic E-state index is 12.7. The standard InChI is InChI=1S/C50H98NO10P/c1-3-5-7-9-11-13-15-17-19-20-21-22-23-24-25-26-27-28-30-32-34-36-38-40-42-49(53)61-46(44-59-62(56,57)60-45-47(51)50(54)55)43-58-48(52)41-39-37-35-33-31-29-18-16-14-12-10-8-6-4-2/h46-47H,3-45,51H2,1-2H3,(H,54,55)(H,56,57). The molecule has 0 aromatic rings. The van der Waals surface area contributed by atoms with Crippen molar-refractivity contribution in [2.24, 2.45) is 5.73 Å². The molecule has 0 saturated carbocycles. The molecule has 0 aromatic carbocycles. The summed E-state index contributed by atoms with van der Waals surface area (Å²) in [6.45, 7) is 2.86. The fourth-order valence-electron chi connectivity index (χ4n) is 7.77. The summed E-state index contributed by atoms with van der Waals surface area (Å²) in [4.78, 5) is 46.1. The van der Waals surface area contributed by atoms with Gasteiger partial charge in [0.1, 0.15) is 12.6 Å². The summed E-state index contributed by atoms with van der Waals surface area (Å²) in [5, 5.41) is 8.92. The lowest BCUT2D eigenvalue weighted by Gasteiger charge is -2.20. The number of nitrogens with two attached hydrogens (primary N) is 1. The third-order valence-corrected chi connectivity index (χ3v) is 12.8. The van der Waals surface area contributed by atoms with Crippen LogP contribution in [0.25, 0.3) is 0 Å². The van der Waals surface area contributed by atoms with Crippen molar-refractivity contribution < 1.29 is 47.5 Å². The van der Waals surface area contributed by atoms with Gasteiger partial charge in [0.2, 0.25) is 0 Å². The van der Waals surface area contributed by atoms with Gasteiger partial charge >= 0.3 is 25.7 Å². The third-order valence-electron chi connectivity index (χ3n) is 11.9. The summed E-state index contributed by atoms with van der Waals surface area (Å²) in [7, 11) is -4.71. The molecule has 0 aliphatic heterocycles. The normalized spacial score (nSPS) is 13.5. The average molecular weight is 904 g/mol. The molecule has 3 atom stereocenters. The van der Waals surface area contributed by atoms with E-state index in [-0.39, 0.29) is 19.4 Å². The Morgan fingerprint density at radius 2 is 0.710 bits per heavy atom. The second kappa shape index (κ2) is 46.0. The van der Waals surface area contributed by atoms with E-state index in [4.69, 9.17) is 24.8 Å². The number of carboxylic acids is 1. The van der Waals surface area contributed by atoms with Gasteiger partial charge in [-0.2, -0.15) is 0 Å². The van der Waals surface area contributed by atoms with Gasteiger partial charge in [0, 0.05) is 12.8 Å². The van der Waals surface area contributed by atoms with Crippen LogP contribution in [0.4, 0.5) is 0 Å². The number of ether oxygens (including phenoxy) is 2. The summed E-state index contributed by atoms with van der Waals surface area (Å²) in [5.74, 6) is -2.35. The molecule has 0 aromatic heterocycles. The first kappa shape index (κ1) is 60.5. The molecule has 0 fully saturated rings. The van der Waals surface area contributed by atoms with Crippen LogP contribution >= 0.6 is 7.82 Å². The van der Waals surface area contributed by atoms with Gasteiger partial charge in [0.05, 0.1) is 13.2 Å². The van der Waals surface area contributed by atoms with Crippen molar-refractivity contribution in [3.8, 4) is 0 Å². The molecule has 0 amide bonds. The second-order valence-corrected chi connectivity index (χ2v) is 19.5. The lowest BCUT2D eigenvalue weighted by atomic mass is 10.0. The highest BCUT2D eigenvalue weighted by Gasteiger charge is 2.28. The van der Waals surface area contributed by atoms with Gasteiger partial charge in [-0.25, -0.2) is 4.57 Å². The van der Waals surface area contributed by atoms with Gasteiger partial charge < -0.3 is 25.2 Å². The van der Waals surface area contributed by atoms with E-state index in [1.165, 1.54) is 193 Å². The largest absolute Gasteiger partial charge is 0.480 e. The van der Waals surface area contributed by atoms with Crippen LogP contribution in [-0.4, -0.2) is 59.9 Å². The van der Waals surface area contributed by atoms with Gasteiger partial charge in [-0.15, -0.1) is 0 Å². The molecule has 0 spiro atoms. The molecule has 0 aliphatic rings. The maximum atomic E-state index is 12.7. The molecule has 0 heterocycles. The van der Waals surface area contributed by atoms with Gasteiger partial charge in [0.15, 0.2) is 6.10 Å². The van der Waals surface area contributed by atoms with Crippen LogP contribution in [0.2, 0.25) is 0 Å². The molecule has 0 aliphatic carbocycles. The first-order chi connectivity index (χ1) is 30.1. The minimum atomic E-state index is -4.71. The minimum Gasteiger partial charge on any atom is -0.480 e. The van der Waals surface area contributed by atoms with E-state index in [0.29, 0.717) is 12.8 Å². The Morgan fingerprint density at radius 3 is 1.02 bits per heavy atom. The summed E-state index contributed by atoms with van der Waals surface area (Å²) < 4.78 is 32.8. The molecule has 0 saturated heterocycles. The molecule has 62 heavy (non-hydrogen) atoms. The number of unbranched alkanes of at least 4 members (excludes halogenated alkanes) is 36. The fourth-order valence-corrected chi connectivity index (χ4v) is 8.55. The van der Waals surface area contributed by atoms with E-state index < -0.39 is 51.1 Å². The highest BCUT2D eigenvalue weighted by Crippen LogP contribution is 2.43. The van der Waals surface area contributed by atoms with Crippen molar-refractivity contribution in [3.63, 3.8) is 0 Å². The maximum Gasteiger partial charge on any atom is 0.472 e. The van der Waals surface area contributed by atoms with Crippen molar-refractivity contribution in [1.82, 2.24) is 0 Å². The minimum absolute atomic E-state index is 0.170. The number of phosphoric ester groups is 1. The lowest BCUT2D eigenvalue weighted by Crippen LogP contribution is -2.34. The Balaban J connectivity index is 4.13. The van der Waals surface area contributed by atoms with E-state index in [9.17, 15) is 23.8 Å². The Hall–Kier alpha value is -1.52. The van der Waals surface area contributed by atoms with Crippen LogP contribution in [0.3, 0.4) is 0 Å². The summed E-state index contributed by atoms with van der Waals surface area (Å²) >= 11 is 0. The van der Waals surface area contributed by atoms with Gasteiger partial charge in [0.25, 0.3) is 0 Å². The van der Waals surface area contributed by atoms with Crippen LogP contribution in [0.5, 0.6) is 0 Å². The van der Waals surface area contributed by atoms with Crippen molar-refractivity contribution in [3.05, 3.63) is 0 Å². The van der Waals surface area contributed by atoms with E-state index >= 15 is 0 Å². The molecule has 368 valence electrons. The van der Waals surface area contributed by atoms with Gasteiger partial charge in [-0.05, 0) is 12.8 Å². The van der Waals surface area contributed by atoms with Crippen LogP contribution < -0.4 is 5.73 Å². The molecule has 0 rings (SSSR count). The van der Waals surface area contributed by atoms with Crippen molar-refractivity contribution in [2.45, 2.75) is 283 Å².